The minimum absolute atomic E-state index is 0. The maximum atomic E-state index is 3.55. The van der Waals surface area contributed by atoms with Gasteiger partial charge in [0.15, 0.2) is 0 Å². The van der Waals surface area contributed by atoms with Gasteiger partial charge in [-0.05, 0) is 6.42 Å². The van der Waals surface area contributed by atoms with Crippen molar-refractivity contribution in [3.63, 3.8) is 0 Å². The largest absolute Gasteiger partial charge is 0.611 e. The Labute approximate surface area is 80.7 Å². The van der Waals surface area contributed by atoms with Crippen LogP contribution in [0.2, 0.25) is 0 Å². The van der Waals surface area contributed by atoms with E-state index in [1.807, 2.05) is 0 Å². The predicted molar refractivity (Wildman–Crippen MR) is 27.7 cm³/mol. The monoisotopic (exact) mass is 453 g/mol. The molecule has 8 heavy (non-hydrogen) atoms. The summed E-state index contributed by atoms with van der Waals surface area (Å²) < 4.78 is 0. The van der Waals surface area contributed by atoms with Gasteiger partial charge in [0, 0.05) is 42.1 Å². The van der Waals surface area contributed by atoms with Gasteiger partial charge in [-0.2, -0.15) is 0 Å². The molecule has 0 aliphatic rings. The number of nitrogens with zero attached hydrogens (tertiary/aromatic N) is 1. The first-order valence-corrected chi connectivity index (χ1v) is 2.16. The maximum Gasteiger partial charge on any atom is 0 e. The second-order valence-corrected chi connectivity index (χ2v) is 1.39. The van der Waals surface area contributed by atoms with Crippen molar-refractivity contribution in [2.75, 3.05) is 6.54 Å². The van der Waals surface area contributed by atoms with Crippen LogP contribution in [0.4, 0.5) is 0 Å². The van der Waals surface area contributed by atoms with Crippen LogP contribution in [-0.2, 0) is 42.1 Å². The van der Waals surface area contributed by atoms with Crippen molar-refractivity contribution >= 4 is 0 Å². The molecule has 0 saturated carbocycles. The third-order valence-corrected chi connectivity index (χ3v) is 0.540. The van der Waals surface area contributed by atoms with Gasteiger partial charge < -0.3 is 19.0 Å². The minimum atomic E-state index is 0. The van der Waals surface area contributed by atoms with Crippen molar-refractivity contribution in [2.24, 2.45) is 0 Å². The maximum absolute atomic E-state index is 3.55. The molecule has 0 bridgehead atoms. The van der Waals surface area contributed by atoms with Gasteiger partial charge in [0.2, 0.25) is 0 Å². The zero-order valence-electron chi connectivity index (χ0n) is 5.09. The zero-order chi connectivity index (χ0) is 4.99. The molecule has 1 nitrogen and oxygen atoms in total. The molecule has 0 rings (SSSR count). The van der Waals surface area contributed by atoms with Crippen LogP contribution in [0.3, 0.4) is 0 Å². The Hall–Kier alpha value is 1.34. The van der Waals surface area contributed by atoms with E-state index in [0.29, 0.717) is 0 Å². The predicted octanol–water partition coefficient (Wildman–Crippen LogP) is 1.28. The summed E-state index contributed by atoms with van der Waals surface area (Å²) in [6.45, 7) is 3.09. The van der Waals surface area contributed by atoms with E-state index in [1.165, 1.54) is 0 Å². The summed E-state index contributed by atoms with van der Waals surface area (Å²) in [5, 5.41) is 0. The van der Waals surface area contributed by atoms with Gasteiger partial charge in [-0.1, -0.05) is 13.5 Å². The van der Waals surface area contributed by atoms with Gasteiger partial charge in [0.1, 0.15) is 0 Å². The quantitative estimate of drug-likeness (QED) is 0.571. The first-order chi connectivity index (χ1) is 2.77. The minimum Gasteiger partial charge on any atom is -0.611 e. The second-order valence-electron chi connectivity index (χ2n) is 1.39. The molecule has 0 atom stereocenters. The molecule has 0 radical (unpaired) electrons. The first kappa shape index (κ1) is 16.2. The van der Waals surface area contributed by atoms with E-state index in [0.717, 1.165) is 13.0 Å². The standard InChI is InChI=1S/C5H11N.2W/c1-4-5-6(2)3;;/h2-5H2,1H3;;/q-2;;. The molecule has 0 aliphatic heterocycles. The summed E-state index contributed by atoms with van der Waals surface area (Å²) in [7, 11) is 7.10. The third kappa shape index (κ3) is 15.7. The molecule has 0 aromatic carbocycles. The molecule has 0 aliphatic carbocycles. The van der Waals surface area contributed by atoms with Crippen LogP contribution < -0.4 is 0 Å². The molecule has 0 fully saturated rings. The average molecular weight is 453 g/mol. The van der Waals surface area contributed by atoms with Gasteiger partial charge in [0.25, 0.3) is 0 Å². The van der Waals surface area contributed by atoms with E-state index in [4.69, 9.17) is 0 Å². The first-order valence-electron chi connectivity index (χ1n) is 2.16. The Morgan fingerprint density at radius 2 is 1.62 bits per heavy atom. The van der Waals surface area contributed by atoms with Crippen LogP contribution in [0.25, 0.3) is 0 Å². The van der Waals surface area contributed by atoms with Crippen molar-refractivity contribution in [3.05, 3.63) is 14.1 Å². The summed E-state index contributed by atoms with van der Waals surface area (Å²) in [6, 6.07) is 0. The molecule has 0 saturated heterocycles. The van der Waals surface area contributed by atoms with Crippen LogP contribution in [0.15, 0.2) is 0 Å². The van der Waals surface area contributed by atoms with Gasteiger partial charge >= 0.3 is 0 Å². The van der Waals surface area contributed by atoms with Crippen molar-refractivity contribution in [3.8, 4) is 0 Å². The number of hydrogen-bond donors (Lipinski definition) is 0. The molecule has 0 aromatic heterocycles. The zero-order valence-corrected chi connectivity index (χ0v) is 11.0. The molecule has 0 heterocycles. The normalized spacial score (nSPS) is 7.50. The van der Waals surface area contributed by atoms with Gasteiger partial charge in [0.05, 0.1) is 0 Å². The summed E-state index contributed by atoms with van der Waals surface area (Å²) in [6.07, 6.45) is 1.13. The molecule has 0 unspecified atom stereocenters. The number of hydrogen-bond acceptors (Lipinski definition) is 1. The van der Waals surface area contributed by atoms with Crippen LogP contribution in [0.1, 0.15) is 13.3 Å². The van der Waals surface area contributed by atoms with E-state index in [-0.39, 0.29) is 42.1 Å². The fourth-order valence-electron chi connectivity index (χ4n) is 0.316. The van der Waals surface area contributed by atoms with Crippen molar-refractivity contribution in [1.29, 1.82) is 0 Å². The topological polar surface area (TPSA) is 3.24 Å². The Bertz CT molecular complexity index is 31.6. The molecule has 50 valence electrons. The molecular weight excluding hydrogens is 442 g/mol. The Kier molecular flexibility index (Phi) is 22.6. The summed E-state index contributed by atoms with van der Waals surface area (Å²) in [5.41, 5.74) is 0. The summed E-state index contributed by atoms with van der Waals surface area (Å²) in [4.78, 5) is 1.68. The Balaban J connectivity index is -0.000000125. The van der Waals surface area contributed by atoms with E-state index in [9.17, 15) is 0 Å². The van der Waals surface area contributed by atoms with E-state index in [1.54, 1.807) is 4.90 Å². The molecular formula is C5H11NW2-2. The molecule has 3 heteroatoms. The summed E-state index contributed by atoms with van der Waals surface area (Å²) in [5.74, 6) is 0. The fraction of sp³-hybridized carbons (Fsp3) is 0.600. The van der Waals surface area contributed by atoms with Crippen LogP contribution in [-0.4, -0.2) is 11.4 Å². The molecule has 0 aromatic rings. The van der Waals surface area contributed by atoms with Crippen LogP contribution in [0, 0.1) is 14.1 Å². The molecule has 0 amide bonds. The van der Waals surface area contributed by atoms with Gasteiger partial charge in [-0.15, -0.1) is 0 Å². The Morgan fingerprint density at radius 3 is 1.62 bits per heavy atom. The second kappa shape index (κ2) is 11.2. The van der Waals surface area contributed by atoms with Crippen molar-refractivity contribution in [2.45, 2.75) is 13.3 Å². The average Bonchev–Trinajstić information content (AvgIpc) is 1.35. The smallest absolute Gasteiger partial charge is 0 e. The van der Waals surface area contributed by atoms with Crippen molar-refractivity contribution in [1.82, 2.24) is 4.90 Å². The van der Waals surface area contributed by atoms with E-state index < -0.39 is 0 Å². The fourth-order valence-corrected chi connectivity index (χ4v) is 0.316. The molecule has 0 N–H and O–H groups in total. The van der Waals surface area contributed by atoms with Crippen LogP contribution in [0.5, 0.6) is 0 Å². The van der Waals surface area contributed by atoms with Gasteiger partial charge in [-0.3, -0.25) is 0 Å². The van der Waals surface area contributed by atoms with E-state index in [2.05, 4.69) is 21.0 Å². The Morgan fingerprint density at radius 1 is 1.25 bits per heavy atom. The SMILES string of the molecule is [CH2-]N([CH2-])CCC.[W].[W]. The number of rotatable bonds is 2. The summed E-state index contributed by atoms with van der Waals surface area (Å²) >= 11 is 0. The van der Waals surface area contributed by atoms with E-state index >= 15 is 0 Å². The van der Waals surface area contributed by atoms with Gasteiger partial charge in [-0.25, -0.2) is 0 Å². The molecule has 0 spiro atoms. The third-order valence-electron chi connectivity index (χ3n) is 0.540. The van der Waals surface area contributed by atoms with Crippen molar-refractivity contribution < 1.29 is 42.1 Å². The van der Waals surface area contributed by atoms with Crippen LogP contribution >= 0.6 is 0 Å².